The van der Waals surface area contributed by atoms with Crippen molar-refractivity contribution in [1.29, 1.82) is 0 Å². The van der Waals surface area contributed by atoms with Crippen LogP contribution in [-0.2, 0) is 27.3 Å². The van der Waals surface area contributed by atoms with Gasteiger partial charge >= 0.3 is 11.9 Å². The van der Waals surface area contributed by atoms with Crippen molar-refractivity contribution >= 4 is 17.6 Å². The summed E-state index contributed by atoms with van der Waals surface area (Å²) in [6.45, 7) is 8.27. The predicted octanol–water partition coefficient (Wildman–Crippen LogP) is 3.94. The summed E-state index contributed by atoms with van der Waals surface area (Å²) in [6, 6.07) is 0.151. The fourth-order valence-corrected chi connectivity index (χ4v) is 3.28. The van der Waals surface area contributed by atoms with E-state index in [-0.39, 0.29) is 24.6 Å². The van der Waals surface area contributed by atoms with Crippen LogP contribution in [-0.4, -0.2) is 32.2 Å². The Balaban J connectivity index is 2.44. The molecule has 27 heavy (non-hydrogen) atoms. The summed E-state index contributed by atoms with van der Waals surface area (Å²) in [5.74, 6) is 0.248. The van der Waals surface area contributed by atoms with Gasteiger partial charge in [0.1, 0.15) is 12.4 Å². The fraction of sp³-hybridized carbons (Fsp3) is 0.524. The first-order valence-electron chi connectivity index (χ1n) is 9.18. The summed E-state index contributed by atoms with van der Waals surface area (Å²) >= 11 is 0. The number of carbonyl (C=O) groups excluding carboxylic acids is 2. The van der Waals surface area contributed by atoms with Crippen molar-refractivity contribution in [2.75, 3.05) is 19.5 Å². The quantitative estimate of drug-likeness (QED) is 0.548. The Hall–Kier alpha value is -2.50. The zero-order valence-electron chi connectivity index (χ0n) is 17.0. The number of fused-ring (bicyclic) bond motifs is 1. The molecule has 1 N–H and O–H groups in total. The molecule has 0 aromatic heterocycles. The third-order valence-electron chi connectivity index (χ3n) is 4.72. The van der Waals surface area contributed by atoms with E-state index in [4.69, 9.17) is 14.2 Å². The number of hydrogen-bond acceptors (Lipinski definition) is 6. The highest BCUT2D eigenvalue weighted by Gasteiger charge is 2.32. The molecule has 1 aromatic rings. The number of cyclic esters (lactones) is 1. The van der Waals surface area contributed by atoms with Gasteiger partial charge in [-0.15, -0.1) is 0 Å². The number of nitrogens with one attached hydrogen (secondary N) is 1. The highest BCUT2D eigenvalue weighted by Crippen LogP contribution is 2.41. The van der Waals surface area contributed by atoms with Gasteiger partial charge in [-0.1, -0.05) is 11.6 Å². The van der Waals surface area contributed by atoms with Gasteiger partial charge in [-0.25, -0.2) is 4.79 Å². The van der Waals surface area contributed by atoms with Gasteiger partial charge in [0.15, 0.2) is 0 Å². The smallest absolute Gasteiger partial charge is 0.341 e. The van der Waals surface area contributed by atoms with Crippen LogP contribution >= 0.6 is 0 Å². The average molecular weight is 375 g/mol. The first-order chi connectivity index (χ1) is 12.8. The van der Waals surface area contributed by atoms with E-state index in [0.29, 0.717) is 24.8 Å². The molecule has 1 aliphatic heterocycles. The highest BCUT2D eigenvalue weighted by molar-refractivity contribution is 6.01. The molecule has 1 aromatic carbocycles. The Kier molecular flexibility index (Phi) is 6.88. The molecule has 0 unspecified atom stereocenters. The molecule has 0 radical (unpaired) electrons. The van der Waals surface area contributed by atoms with Crippen molar-refractivity contribution in [1.82, 2.24) is 0 Å². The maximum Gasteiger partial charge on any atom is 0.341 e. The summed E-state index contributed by atoms with van der Waals surface area (Å²) in [5.41, 5.74) is 5.22. The van der Waals surface area contributed by atoms with Crippen LogP contribution in [0.1, 0.15) is 60.7 Å². The second-order valence-corrected chi connectivity index (χ2v) is 7.07. The van der Waals surface area contributed by atoms with Crippen LogP contribution in [0.15, 0.2) is 11.6 Å². The lowest BCUT2D eigenvalue weighted by Gasteiger charge is -2.22. The van der Waals surface area contributed by atoms with Crippen molar-refractivity contribution in [3.63, 3.8) is 0 Å². The first kappa shape index (κ1) is 20.8. The molecule has 0 bridgehead atoms. The second-order valence-electron chi connectivity index (χ2n) is 7.07. The lowest BCUT2D eigenvalue weighted by atomic mass is 9.93. The van der Waals surface area contributed by atoms with Crippen LogP contribution in [0.3, 0.4) is 0 Å². The Morgan fingerprint density at radius 1 is 1.30 bits per heavy atom. The Labute approximate surface area is 160 Å². The molecular weight excluding hydrogens is 346 g/mol. The van der Waals surface area contributed by atoms with Gasteiger partial charge in [0.05, 0.1) is 25.5 Å². The molecular formula is C21H29NO5. The van der Waals surface area contributed by atoms with E-state index >= 15 is 0 Å². The molecule has 0 saturated carbocycles. The van der Waals surface area contributed by atoms with Gasteiger partial charge < -0.3 is 19.5 Å². The molecule has 0 spiro atoms. The number of rotatable bonds is 8. The Morgan fingerprint density at radius 3 is 2.59 bits per heavy atom. The van der Waals surface area contributed by atoms with Crippen LogP contribution in [0.5, 0.6) is 5.75 Å². The standard InChI is InChI=1S/C21H29NO5/c1-12(2)22-19-15(9-7-13(3)8-10-17(23)25-5)20(26-6)14(4)16-11-27-21(24)18(16)19/h7,12,22H,8-11H2,1-6H3/b13-7+. The van der Waals surface area contributed by atoms with Gasteiger partial charge in [-0.3, -0.25) is 4.79 Å². The number of carbonyl (C=O) groups is 2. The molecule has 0 fully saturated rings. The first-order valence-corrected chi connectivity index (χ1v) is 9.18. The van der Waals surface area contributed by atoms with Crippen LogP contribution in [0, 0.1) is 6.92 Å². The zero-order chi connectivity index (χ0) is 20.1. The molecule has 6 heteroatoms. The maximum atomic E-state index is 12.4. The summed E-state index contributed by atoms with van der Waals surface area (Å²) < 4.78 is 15.7. The van der Waals surface area contributed by atoms with Crippen molar-refractivity contribution in [3.8, 4) is 5.75 Å². The van der Waals surface area contributed by atoms with Gasteiger partial charge in [-0.2, -0.15) is 0 Å². The van der Waals surface area contributed by atoms with Gasteiger partial charge in [0.2, 0.25) is 0 Å². The van der Waals surface area contributed by atoms with Crippen molar-refractivity contribution in [3.05, 3.63) is 33.9 Å². The lowest BCUT2D eigenvalue weighted by molar-refractivity contribution is -0.140. The molecule has 6 nitrogen and oxygen atoms in total. The van der Waals surface area contributed by atoms with E-state index in [0.717, 1.165) is 33.7 Å². The minimum atomic E-state index is -0.299. The Bertz CT molecular complexity index is 765. The van der Waals surface area contributed by atoms with Crippen LogP contribution in [0.2, 0.25) is 0 Å². The molecule has 2 rings (SSSR count). The molecule has 0 amide bonds. The number of anilines is 1. The zero-order valence-corrected chi connectivity index (χ0v) is 17.0. The van der Waals surface area contributed by atoms with Gasteiger partial charge in [0.25, 0.3) is 0 Å². The third-order valence-corrected chi connectivity index (χ3v) is 4.72. The number of hydrogen-bond donors (Lipinski definition) is 1. The van der Waals surface area contributed by atoms with Crippen LogP contribution in [0.25, 0.3) is 0 Å². The molecule has 0 atom stereocenters. The largest absolute Gasteiger partial charge is 0.496 e. The SMILES string of the molecule is COC(=O)CC/C(C)=C/Cc1c(NC(C)C)c2c(c(C)c1OC)COC2=O. The topological polar surface area (TPSA) is 73.9 Å². The van der Waals surface area contributed by atoms with E-state index in [1.165, 1.54) is 7.11 Å². The monoisotopic (exact) mass is 375 g/mol. The van der Waals surface area contributed by atoms with E-state index in [9.17, 15) is 9.59 Å². The van der Waals surface area contributed by atoms with Gasteiger partial charge in [-0.05, 0) is 46.1 Å². The maximum absolute atomic E-state index is 12.4. The summed E-state index contributed by atoms with van der Waals surface area (Å²) in [4.78, 5) is 23.7. The Morgan fingerprint density at radius 2 is 2.00 bits per heavy atom. The van der Waals surface area contributed by atoms with Crippen molar-refractivity contribution < 1.29 is 23.8 Å². The minimum Gasteiger partial charge on any atom is -0.496 e. The number of allylic oxidation sites excluding steroid dienone is 2. The minimum absolute atomic E-state index is 0.151. The highest BCUT2D eigenvalue weighted by atomic mass is 16.5. The van der Waals surface area contributed by atoms with Crippen molar-refractivity contribution in [2.24, 2.45) is 0 Å². The molecule has 1 heterocycles. The normalized spacial score (nSPS) is 13.4. The van der Waals surface area contributed by atoms with E-state index in [2.05, 4.69) is 11.4 Å². The summed E-state index contributed by atoms with van der Waals surface area (Å²) in [6.07, 6.45) is 3.64. The average Bonchev–Trinajstić information content (AvgIpc) is 3.02. The van der Waals surface area contributed by atoms with E-state index in [1.54, 1.807) is 7.11 Å². The van der Waals surface area contributed by atoms with Crippen LogP contribution < -0.4 is 10.1 Å². The van der Waals surface area contributed by atoms with E-state index in [1.807, 2.05) is 27.7 Å². The second kappa shape index (κ2) is 8.93. The molecule has 0 saturated heterocycles. The van der Waals surface area contributed by atoms with Crippen molar-refractivity contribution in [2.45, 2.75) is 59.6 Å². The summed E-state index contributed by atoms with van der Waals surface area (Å²) in [7, 11) is 3.03. The number of methoxy groups -OCH3 is 2. The van der Waals surface area contributed by atoms with Crippen LogP contribution in [0.4, 0.5) is 5.69 Å². The molecule has 148 valence electrons. The van der Waals surface area contributed by atoms with E-state index < -0.39 is 0 Å². The number of esters is 2. The molecule has 1 aliphatic rings. The number of ether oxygens (including phenoxy) is 3. The summed E-state index contributed by atoms with van der Waals surface area (Å²) in [5, 5.41) is 3.40. The predicted molar refractivity (Wildman–Crippen MR) is 104 cm³/mol. The third kappa shape index (κ3) is 4.62. The van der Waals surface area contributed by atoms with Gasteiger partial charge in [0, 0.05) is 23.6 Å². The number of benzene rings is 1. The molecule has 0 aliphatic carbocycles. The fourth-order valence-electron chi connectivity index (χ4n) is 3.28. The lowest BCUT2D eigenvalue weighted by Crippen LogP contribution is -2.16.